The molecule has 0 unspecified atom stereocenters. The van der Waals surface area contributed by atoms with Crippen molar-refractivity contribution in [3.8, 4) is 5.88 Å². The number of nitrogens with one attached hydrogen (secondary N) is 1. The van der Waals surface area contributed by atoms with Gasteiger partial charge in [0.15, 0.2) is 0 Å². The van der Waals surface area contributed by atoms with Crippen LogP contribution in [-0.4, -0.2) is 41.9 Å². The summed E-state index contributed by atoms with van der Waals surface area (Å²) in [4.78, 5) is 11.8. The number of morpholine rings is 1. The predicted molar refractivity (Wildman–Crippen MR) is 128 cm³/mol. The lowest BCUT2D eigenvalue weighted by molar-refractivity contribution is -0.00521. The van der Waals surface area contributed by atoms with Gasteiger partial charge in [-0.1, -0.05) is 19.3 Å². The van der Waals surface area contributed by atoms with Gasteiger partial charge in [-0.2, -0.15) is 4.98 Å². The number of ether oxygens (including phenoxy) is 2. The number of aromatic nitrogens is 2. The lowest BCUT2D eigenvalue weighted by atomic mass is 9.90. The third-order valence-corrected chi connectivity index (χ3v) is 6.89. The van der Waals surface area contributed by atoms with E-state index in [0.717, 1.165) is 31.3 Å². The molecular formula is C26H36N4O2. The van der Waals surface area contributed by atoms with E-state index in [-0.39, 0.29) is 12.2 Å². The number of hydrogen-bond donors (Lipinski definition) is 1. The highest BCUT2D eigenvalue weighted by Gasteiger charge is 2.29. The molecule has 6 heteroatoms. The summed E-state index contributed by atoms with van der Waals surface area (Å²) in [6, 6.07) is 8.51. The molecule has 1 aliphatic heterocycles. The third-order valence-electron chi connectivity index (χ3n) is 6.89. The van der Waals surface area contributed by atoms with Crippen LogP contribution in [0.3, 0.4) is 0 Å². The highest BCUT2D eigenvalue weighted by molar-refractivity contribution is 5.60. The maximum absolute atomic E-state index is 6.27. The van der Waals surface area contributed by atoms with Crippen LogP contribution >= 0.6 is 0 Å². The van der Waals surface area contributed by atoms with Gasteiger partial charge in [0, 0.05) is 36.2 Å². The summed E-state index contributed by atoms with van der Waals surface area (Å²) in [7, 11) is 0. The topological polar surface area (TPSA) is 59.5 Å². The van der Waals surface area contributed by atoms with Gasteiger partial charge in [0.25, 0.3) is 0 Å². The van der Waals surface area contributed by atoms with Crippen molar-refractivity contribution in [1.29, 1.82) is 0 Å². The Labute approximate surface area is 191 Å². The molecular weight excluding hydrogens is 400 g/mol. The lowest BCUT2D eigenvalue weighted by Gasteiger charge is -2.36. The summed E-state index contributed by atoms with van der Waals surface area (Å²) < 4.78 is 12.1. The molecule has 32 heavy (non-hydrogen) atoms. The Kier molecular flexibility index (Phi) is 6.49. The van der Waals surface area contributed by atoms with Crippen LogP contribution in [0, 0.1) is 5.92 Å². The molecule has 0 radical (unpaired) electrons. The van der Waals surface area contributed by atoms with Crippen molar-refractivity contribution in [3.63, 3.8) is 0 Å². The Morgan fingerprint density at radius 3 is 2.41 bits per heavy atom. The molecule has 1 aromatic carbocycles. The molecule has 1 aromatic heterocycles. The smallest absolute Gasteiger partial charge is 0.230 e. The summed E-state index contributed by atoms with van der Waals surface area (Å²) in [6.45, 7) is 6.89. The van der Waals surface area contributed by atoms with E-state index in [0.29, 0.717) is 17.8 Å². The van der Waals surface area contributed by atoms with Gasteiger partial charge in [0.1, 0.15) is 0 Å². The Hall–Kier alpha value is -2.34. The van der Waals surface area contributed by atoms with E-state index >= 15 is 0 Å². The second-order valence-corrected chi connectivity index (χ2v) is 9.88. The molecule has 5 rings (SSSR count). The summed E-state index contributed by atoms with van der Waals surface area (Å²) in [5.41, 5.74) is 3.39. The molecule has 0 spiro atoms. The lowest BCUT2D eigenvalue weighted by Crippen LogP contribution is -2.45. The number of nitrogens with zero attached hydrogens (tertiary/aromatic N) is 3. The highest BCUT2D eigenvalue weighted by atomic mass is 16.5. The van der Waals surface area contributed by atoms with Crippen LogP contribution in [0.15, 0.2) is 30.5 Å². The second kappa shape index (κ2) is 9.65. The van der Waals surface area contributed by atoms with Crippen molar-refractivity contribution in [2.45, 2.75) is 76.9 Å². The van der Waals surface area contributed by atoms with Gasteiger partial charge in [0.05, 0.1) is 18.8 Å². The van der Waals surface area contributed by atoms with Crippen LogP contribution in [0.25, 0.3) is 0 Å². The molecule has 0 amide bonds. The first-order valence-electron chi connectivity index (χ1n) is 12.4. The number of benzene rings is 1. The molecule has 6 nitrogen and oxygen atoms in total. The fourth-order valence-corrected chi connectivity index (χ4v) is 5.05. The predicted octanol–water partition coefficient (Wildman–Crippen LogP) is 5.67. The van der Waals surface area contributed by atoms with Gasteiger partial charge in [0.2, 0.25) is 11.8 Å². The van der Waals surface area contributed by atoms with E-state index < -0.39 is 0 Å². The van der Waals surface area contributed by atoms with Crippen LogP contribution in [0.2, 0.25) is 0 Å². The zero-order chi connectivity index (χ0) is 21.9. The highest BCUT2D eigenvalue weighted by Crippen LogP contribution is 2.44. The average molecular weight is 437 g/mol. The summed E-state index contributed by atoms with van der Waals surface area (Å²) in [5.74, 6) is 2.63. The van der Waals surface area contributed by atoms with Crippen LogP contribution in [-0.2, 0) is 4.74 Å². The minimum atomic E-state index is 0.252. The molecule has 2 aliphatic carbocycles. The van der Waals surface area contributed by atoms with Gasteiger partial charge in [-0.05, 0) is 75.6 Å². The van der Waals surface area contributed by atoms with E-state index in [4.69, 9.17) is 14.5 Å². The van der Waals surface area contributed by atoms with E-state index in [2.05, 4.69) is 53.3 Å². The molecule has 3 aliphatic rings. The maximum Gasteiger partial charge on any atom is 0.230 e. The quantitative estimate of drug-likeness (QED) is 0.603. The van der Waals surface area contributed by atoms with Crippen molar-refractivity contribution in [1.82, 2.24) is 9.97 Å². The molecule has 2 heterocycles. The van der Waals surface area contributed by atoms with Crippen LogP contribution in [0.1, 0.15) is 70.3 Å². The van der Waals surface area contributed by atoms with Gasteiger partial charge < -0.3 is 19.7 Å². The first-order valence-corrected chi connectivity index (χ1v) is 12.4. The molecule has 2 saturated carbocycles. The van der Waals surface area contributed by atoms with Gasteiger partial charge in [-0.25, -0.2) is 4.98 Å². The number of rotatable bonds is 7. The van der Waals surface area contributed by atoms with Crippen molar-refractivity contribution in [2.75, 3.05) is 29.9 Å². The molecule has 172 valence electrons. The van der Waals surface area contributed by atoms with E-state index in [9.17, 15) is 0 Å². The van der Waals surface area contributed by atoms with Crippen LogP contribution in [0.5, 0.6) is 5.88 Å². The number of hydrogen-bond acceptors (Lipinski definition) is 6. The Balaban J connectivity index is 1.25. The average Bonchev–Trinajstić information content (AvgIpc) is 3.64. The van der Waals surface area contributed by atoms with E-state index in [1.165, 1.54) is 56.2 Å². The minimum Gasteiger partial charge on any atom is -0.477 e. The summed E-state index contributed by atoms with van der Waals surface area (Å²) >= 11 is 0. The van der Waals surface area contributed by atoms with Gasteiger partial charge in [-0.15, -0.1) is 0 Å². The Morgan fingerprint density at radius 2 is 1.72 bits per heavy atom. The summed E-state index contributed by atoms with van der Waals surface area (Å²) in [5, 5.41) is 3.37. The van der Waals surface area contributed by atoms with E-state index in [1.54, 1.807) is 0 Å². The largest absolute Gasteiger partial charge is 0.477 e. The van der Waals surface area contributed by atoms with Crippen molar-refractivity contribution in [3.05, 3.63) is 36.0 Å². The third kappa shape index (κ3) is 5.34. The summed E-state index contributed by atoms with van der Waals surface area (Å²) in [6.07, 6.45) is 11.5. The van der Waals surface area contributed by atoms with Crippen LogP contribution in [0.4, 0.5) is 17.3 Å². The second-order valence-electron chi connectivity index (χ2n) is 9.88. The first-order chi connectivity index (χ1) is 15.6. The normalized spacial score (nSPS) is 24.4. The van der Waals surface area contributed by atoms with Gasteiger partial charge >= 0.3 is 0 Å². The molecule has 1 N–H and O–H groups in total. The monoisotopic (exact) mass is 436 g/mol. The SMILES string of the molecule is C[C@@H]1CN(c2ccc(Nc3ncc(C4CC4)c(OCC4CCCCC4)n3)cc2)C[C@H](C)O1. The fraction of sp³-hybridized carbons (Fsp3) is 0.615. The van der Waals surface area contributed by atoms with Crippen molar-refractivity contribution in [2.24, 2.45) is 5.92 Å². The van der Waals surface area contributed by atoms with Crippen molar-refractivity contribution < 1.29 is 9.47 Å². The molecule has 2 aromatic rings. The number of anilines is 3. The van der Waals surface area contributed by atoms with Crippen LogP contribution < -0.4 is 15.0 Å². The molecule has 0 bridgehead atoms. The van der Waals surface area contributed by atoms with Gasteiger partial charge in [-0.3, -0.25) is 0 Å². The maximum atomic E-state index is 6.27. The Morgan fingerprint density at radius 1 is 1.00 bits per heavy atom. The fourth-order valence-electron chi connectivity index (χ4n) is 5.05. The molecule has 3 fully saturated rings. The van der Waals surface area contributed by atoms with E-state index in [1.807, 2.05) is 6.20 Å². The molecule has 2 atom stereocenters. The zero-order valence-corrected chi connectivity index (χ0v) is 19.4. The Bertz CT molecular complexity index is 883. The zero-order valence-electron chi connectivity index (χ0n) is 19.4. The first kappa shape index (κ1) is 21.5. The van der Waals surface area contributed by atoms with Crippen molar-refractivity contribution >= 4 is 17.3 Å². The standard InChI is InChI=1S/C26H36N4O2/c1-18-15-30(16-19(2)32-18)23-12-10-22(11-13-23)28-26-27-14-24(21-8-9-21)25(29-26)31-17-20-6-4-3-5-7-20/h10-14,18-21H,3-9,15-17H2,1-2H3,(H,27,28,29)/t18-,19+. The minimum absolute atomic E-state index is 0.252. The molecule has 1 saturated heterocycles.